The summed E-state index contributed by atoms with van der Waals surface area (Å²) in [7, 11) is 0. The van der Waals surface area contributed by atoms with E-state index in [0.29, 0.717) is 13.2 Å². The van der Waals surface area contributed by atoms with E-state index < -0.39 is 0 Å². The van der Waals surface area contributed by atoms with Gasteiger partial charge in [-0.15, -0.1) is 0 Å². The number of carbonyl (C=O) groups excluding carboxylic acids is 1. The van der Waals surface area contributed by atoms with Crippen molar-refractivity contribution in [3.8, 4) is 0 Å². The molecule has 1 fully saturated rings. The van der Waals surface area contributed by atoms with E-state index in [9.17, 15) is 4.79 Å². The topological polar surface area (TPSA) is 50.4 Å². The number of morpholine rings is 1. The summed E-state index contributed by atoms with van der Waals surface area (Å²) in [5.41, 5.74) is 1.08. The van der Waals surface area contributed by atoms with Crippen LogP contribution in [0, 0.1) is 0 Å². The Balaban J connectivity index is 1.82. The molecular formula is C16H24N2O2. The maximum atomic E-state index is 12.2. The molecule has 1 unspecified atom stereocenters. The van der Waals surface area contributed by atoms with Gasteiger partial charge in [-0.3, -0.25) is 4.79 Å². The van der Waals surface area contributed by atoms with Crippen LogP contribution in [0.15, 0.2) is 30.3 Å². The average Bonchev–Trinajstić information content (AvgIpc) is 2.47. The first-order chi connectivity index (χ1) is 9.57. The molecule has 2 rings (SSSR count). The average molecular weight is 276 g/mol. The molecule has 0 aliphatic carbocycles. The van der Waals surface area contributed by atoms with Gasteiger partial charge in [0.25, 0.3) is 0 Å². The predicted molar refractivity (Wildman–Crippen MR) is 79.6 cm³/mol. The van der Waals surface area contributed by atoms with Gasteiger partial charge < -0.3 is 15.4 Å². The van der Waals surface area contributed by atoms with Crippen molar-refractivity contribution in [2.45, 2.75) is 38.3 Å². The van der Waals surface area contributed by atoms with E-state index in [0.717, 1.165) is 19.4 Å². The van der Waals surface area contributed by atoms with Gasteiger partial charge in [-0.1, -0.05) is 30.3 Å². The van der Waals surface area contributed by atoms with E-state index in [2.05, 4.69) is 36.6 Å². The number of carbonyl (C=O) groups is 1. The van der Waals surface area contributed by atoms with Crippen molar-refractivity contribution in [2.24, 2.45) is 0 Å². The maximum Gasteiger partial charge on any atom is 0.239 e. The number of nitrogens with one attached hydrogen (secondary N) is 2. The number of rotatable bonds is 5. The third kappa shape index (κ3) is 4.62. The van der Waals surface area contributed by atoms with Crippen LogP contribution in [0.25, 0.3) is 0 Å². The molecule has 4 nitrogen and oxygen atoms in total. The van der Waals surface area contributed by atoms with Crippen LogP contribution in [0.3, 0.4) is 0 Å². The van der Waals surface area contributed by atoms with E-state index >= 15 is 0 Å². The fourth-order valence-corrected chi connectivity index (χ4v) is 2.32. The molecular weight excluding hydrogens is 252 g/mol. The highest BCUT2D eigenvalue weighted by Gasteiger charge is 2.26. The summed E-state index contributed by atoms with van der Waals surface area (Å²) >= 11 is 0. The van der Waals surface area contributed by atoms with Crippen LogP contribution in [0.2, 0.25) is 0 Å². The molecule has 1 heterocycles. The predicted octanol–water partition coefficient (Wildman–Crippen LogP) is 1.50. The summed E-state index contributed by atoms with van der Waals surface area (Å²) in [6.45, 7) is 6.01. The Morgan fingerprint density at radius 1 is 1.40 bits per heavy atom. The molecule has 2 N–H and O–H groups in total. The minimum absolute atomic E-state index is 0.0303. The van der Waals surface area contributed by atoms with Gasteiger partial charge in [0.2, 0.25) is 5.91 Å². The van der Waals surface area contributed by atoms with E-state index in [1.807, 2.05) is 18.2 Å². The van der Waals surface area contributed by atoms with Crippen molar-refractivity contribution >= 4 is 5.91 Å². The molecule has 1 aliphatic heterocycles. The molecule has 0 aromatic heterocycles. The van der Waals surface area contributed by atoms with Crippen LogP contribution in [0.4, 0.5) is 0 Å². The lowest BCUT2D eigenvalue weighted by Gasteiger charge is -2.30. The van der Waals surface area contributed by atoms with Gasteiger partial charge in [0.1, 0.15) is 6.04 Å². The molecule has 20 heavy (non-hydrogen) atoms. The number of hydrogen-bond donors (Lipinski definition) is 2. The molecule has 110 valence electrons. The normalized spacial score (nSPS) is 19.6. The van der Waals surface area contributed by atoms with Crippen molar-refractivity contribution in [1.29, 1.82) is 0 Å². The highest BCUT2D eigenvalue weighted by molar-refractivity contribution is 5.82. The number of amides is 1. The Morgan fingerprint density at radius 3 is 2.80 bits per heavy atom. The van der Waals surface area contributed by atoms with Gasteiger partial charge in [0.15, 0.2) is 0 Å². The van der Waals surface area contributed by atoms with Crippen molar-refractivity contribution in [2.75, 3.05) is 19.8 Å². The molecule has 4 heteroatoms. The quantitative estimate of drug-likeness (QED) is 0.857. The highest BCUT2D eigenvalue weighted by Crippen LogP contribution is 2.14. The Kier molecular flexibility index (Phi) is 5.15. The van der Waals surface area contributed by atoms with Crippen molar-refractivity contribution < 1.29 is 9.53 Å². The summed E-state index contributed by atoms with van der Waals surface area (Å²) in [6.07, 6.45) is 1.87. The van der Waals surface area contributed by atoms with Gasteiger partial charge in [0.05, 0.1) is 13.2 Å². The summed E-state index contributed by atoms with van der Waals surface area (Å²) in [4.78, 5) is 12.2. The van der Waals surface area contributed by atoms with Crippen molar-refractivity contribution in [3.63, 3.8) is 0 Å². The first-order valence-electron chi connectivity index (χ1n) is 7.24. The van der Waals surface area contributed by atoms with Crippen LogP contribution >= 0.6 is 0 Å². The molecule has 0 radical (unpaired) electrons. The molecule has 1 aliphatic rings. The second kappa shape index (κ2) is 6.86. The number of benzene rings is 1. The van der Waals surface area contributed by atoms with Gasteiger partial charge >= 0.3 is 0 Å². The maximum absolute atomic E-state index is 12.2. The Hall–Kier alpha value is -1.39. The lowest BCUT2D eigenvalue weighted by molar-refractivity contribution is -0.127. The van der Waals surface area contributed by atoms with Gasteiger partial charge in [0, 0.05) is 12.1 Å². The van der Waals surface area contributed by atoms with Crippen LogP contribution in [-0.4, -0.2) is 37.2 Å². The van der Waals surface area contributed by atoms with Crippen LogP contribution in [0.1, 0.15) is 25.8 Å². The standard InChI is InChI=1S/C16H24N2O2/c1-16(2,9-8-13-6-4-3-5-7-13)18-15(19)14-12-20-11-10-17-14/h3-7,14,17H,8-12H2,1-2H3,(H,18,19). The summed E-state index contributed by atoms with van der Waals surface area (Å²) in [6, 6.07) is 10.1. The fraction of sp³-hybridized carbons (Fsp3) is 0.562. The first kappa shape index (κ1) is 15.0. The number of aryl methyl sites for hydroxylation is 1. The van der Waals surface area contributed by atoms with E-state index in [1.165, 1.54) is 5.56 Å². The third-order valence-corrected chi connectivity index (χ3v) is 3.58. The van der Waals surface area contributed by atoms with Gasteiger partial charge in [-0.2, -0.15) is 0 Å². The van der Waals surface area contributed by atoms with Crippen molar-refractivity contribution in [1.82, 2.24) is 10.6 Å². The number of ether oxygens (including phenoxy) is 1. The summed E-state index contributed by atoms with van der Waals surface area (Å²) in [5, 5.41) is 6.29. The minimum atomic E-state index is -0.222. The Morgan fingerprint density at radius 2 is 2.15 bits per heavy atom. The van der Waals surface area contributed by atoms with E-state index in [1.54, 1.807) is 0 Å². The molecule has 1 atom stereocenters. The Labute approximate surface area is 120 Å². The summed E-state index contributed by atoms with van der Waals surface area (Å²) < 4.78 is 5.32. The molecule has 0 saturated carbocycles. The molecule has 1 aromatic rings. The molecule has 1 aromatic carbocycles. The van der Waals surface area contributed by atoms with Crippen LogP contribution < -0.4 is 10.6 Å². The third-order valence-electron chi connectivity index (χ3n) is 3.58. The second-order valence-electron chi connectivity index (χ2n) is 5.94. The lowest BCUT2D eigenvalue weighted by Crippen LogP contribution is -2.56. The zero-order valence-electron chi connectivity index (χ0n) is 12.3. The zero-order chi connectivity index (χ0) is 14.4. The zero-order valence-corrected chi connectivity index (χ0v) is 12.3. The van der Waals surface area contributed by atoms with E-state index in [4.69, 9.17) is 4.74 Å². The lowest BCUT2D eigenvalue weighted by atomic mass is 9.95. The first-order valence-corrected chi connectivity index (χ1v) is 7.24. The molecule has 0 bridgehead atoms. The largest absolute Gasteiger partial charge is 0.378 e. The summed E-state index contributed by atoms with van der Waals surface area (Å²) in [5.74, 6) is 0.0303. The smallest absolute Gasteiger partial charge is 0.239 e. The van der Waals surface area contributed by atoms with Crippen molar-refractivity contribution in [3.05, 3.63) is 35.9 Å². The minimum Gasteiger partial charge on any atom is -0.378 e. The molecule has 1 saturated heterocycles. The number of hydrogen-bond acceptors (Lipinski definition) is 3. The fourth-order valence-electron chi connectivity index (χ4n) is 2.32. The molecule has 0 spiro atoms. The van der Waals surface area contributed by atoms with Crippen LogP contribution in [0.5, 0.6) is 0 Å². The molecule has 1 amide bonds. The monoisotopic (exact) mass is 276 g/mol. The SMILES string of the molecule is CC(C)(CCc1ccccc1)NC(=O)C1COCCN1. The van der Waals surface area contributed by atoms with Gasteiger partial charge in [-0.25, -0.2) is 0 Å². The highest BCUT2D eigenvalue weighted by atomic mass is 16.5. The van der Waals surface area contributed by atoms with Gasteiger partial charge in [-0.05, 0) is 32.3 Å². The van der Waals surface area contributed by atoms with E-state index in [-0.39, 0.29) is 17.5 Å². The van der Waals surface area contributed by atoms with Crippen LogP contribution in [-0.2, 0) is 16.0 Å². The Bertz CT molecular complexity index is 425. The second-order valence-corrected chi connectivity index (χ2v) is 5.94.